The lowest BCUT2D eigenvalue weighted by molar-refractivity contribution is -0.0728. The second-order valence-electron chi connectivity index (χ2n) is 10.2. The zero-order chi connectivity index (χ0) is 24.6. The number of rotatable bonds is 5. The van der Waals surface area contributed by atoms with Crippen molar-refractivity contribution in [3.8, 4) is 0 Å². The van der Waals surface area contributed by atoms with Crippen LogP contribution < -0.4 is 4.31 Å². The van der Waals surface area contributed by atoms with Crippen LogP contribution in [0.1, 0.15) is 42.6 Å². The number of para-hydroxylation sites is 1. The maximum Gasteiger partial charge on any atom is 0.264 e. The number of carbonyl (C=O) groups is 1. The van der Waals surface area contributed by atoms with Gasteiger partial charge in [0, 0.05) is 44.8 Å². The Kier molecular flexibility index (Phi) is 6.88. The third kappa shape index (κ3) is 5.10. The van der Waals surface area contributed by atoms with Gasteiger partial charge in [-0.1, -0.05) is 24.3 Å². The highest BCUT2D eigenvalue weighted by molar-refractivity contribution is 7.92. The first-order chi connectivity index (χ1) is 16.8. The SMILES string of the molecule is CC1CN(CC2CCN(C(=O)c3cccc(S(=O)(=O)N4CCc5ccccc54)c3)CC2)CC(C)O1. The van der Waals surface area contributed by atoms with Crippen LogP contribution in [0, 0.1) is 5.92 Å². The highest BCUT2D eigenvalue weighted by Gasteiger charge is 2.32. The van der Waals surface area contributed by atoms with Crippen molar-refractivity contribution in [1.29, 1.82) is 0 Å². The van der Waals surface area contributed by atoms with Crippen LogP contribution in [0.3, 0.4) is 0 Å². The van der Waals surface area contributed by atoms with Gasteiger partial charge in [0.1, 0.15) is 0 Å². The number of nitrogens with zero attached hydrogens (tertiary/aromatic N) is 3. The van der Waals surface area contributed by atoms with E-state index < -0.39 is 10.0 Å². The number of amides is 1. The number of morpholine rings is 1. The Morgan fingerprint density at radius 1 is 0.971 bits per heavy atom. The van der Waals surface area contributed by atoms with E-state index in [1.165, 1.54) is 4.31 Å². The summed E-state index contributed by atoms with van der Waals surface area (Å²) in [5, 5.41) is 0. The van der Waals surface area contributed by atoms with Crippen LogP contribution in [0.5, 0.6) is 0 Å². The van der Waals surface area contributed by atoms with Crippen molar-refractivity contribution in [2.75, 3.05) is 43.6 Å². The molecule has 3 heterocycles. The molecule has 2 fully saturated rings. The predicted molar refractivity (Wildman–Crippen MR) is 136 cm³/mol. The number of hydrogen-bond donors (Lipinski definition) is 0. The fourth-order valence-electron chi connectivity index (χ4n) is 5.77. The van der Waals surface area contributed by atoms with Crippen molar-refractivity contribution in [1.82, 2.24) is 9.80 Å². The summed E-state index contributed by atoms with van der Waals surface area (Å²) in [7, 11) is -3.73. The Morgan fingerprint density at radius 2 is 1.69 bits per heavy atom. The molecule has 0 saturated carbocycles. The zero-order valence-corrected chi connectivity index (χ0v) is 21.4. The molecule has 3 aliphatic heterocycles. The van der Waals surface area contributed by atoms with Gasteiger partial charge < -0.3 is 9.64 Å². The monoisotopic (exact) mass is 497 g/mol. The molecule has 0 bridgehead atoms. The maximum atomic E-state index is 13.4. The molecule has 2 aromatic carbocycles. The summed E-state index contributed by atoms with van der Waals surface area (Å²) in [6, 6.07) is 14.1. The van der Waals surface area contributed by atoms with Gasteiger partial charge in [-0.15, -0.1) is 0 Å². The molecule has 3 aliphatic rings. The molecule has 2 atom stereocenters. The number of fused-ring (bicyclic) bond motifs is 1. The molecule has 8 heteroatoms. The normalized spacial score (nSPS) is 23.9. The van der Waals surface area contributed by atoms with E-state index in [1.807, 2.05) is 29.2 Å². The topological polar surface area (TPSA) is 70.2 Å². The Balaban J connectivity index is 1.23. The second-order valence-corrected chi connectivity index (χ2v) is 12.1. The fraction of sp³-hybridized carbons (Fsp3) is 0.519. The van der Waals surface area contributed by atoms with Crippen LogP contribution in [-0.2, 0) is 21.2 Å². The van der Waals surface area contributed by atoms with E-state index in [0.29, 0.717) is 37.5 Å². The molecule has 2 unspecified atom stereocenters. The molecule has 35 heavy (non-hydrogen) atoms. The minimum Gasteiger partial charge on any atom is -0.373 e. The smallest absolute Gasteiger partial charge is 0.264 e. The molecule has 188 valence electrons. The number of carbonyl (C=O) groups excluding carboxylic acids is 1. The van der Waals surface area contributed by atoms with E-state index in [2.05, 4.69) is 18.7 Å². The lowest BCUT2D eigenvalue weighted by atomic mass is 9.95. The highest BCUT2D eigenvalue weighted by Crippen LogP contribution is 2.33. The number of anilines is 1. The summed E-state index contributed by atoms with van der Waals surface area (Å²) in [5.74, 6) is 0.481. The van der Waals surface area contributed by atoms with Crippen molar-refractivity contribution in [2.45, 2.75) is 50.2 Å². The molecular weight excluding hydrogens is 462 g/mol. The first kappa shape index (κ1) is 24.3. The number of hydrogen-bond acceptors (Lipinski definition) is 5. The minimum absolute atomic E-state index is 0.0871. The van der Waals surface area contributed by atoms with E-state index in [-0.39, 0.29) is 23.0 Å². The Morgan fingerprint density at radius 3 is 2.43 bits per heavy atom. The Bertz CT molecular complexity index is 1170. The van der Waals surface area contributed by atoms with Crippen molar-refractivity contribution in [3.05, 3.63) is 59.7 Å². The van der Waals surface area contributed by atoms with Gasteiger partial charge in [-0.2, -0.15) is 0 Å². The van der Waals surface area contributed by atoms with Gasteiger partial charge in [0.05, 0.1) is 22.8 Å². The number of likely N-dealkylation sites (tertiary alicyclic amines) is 1. The Hall–Kier alpha value is -2.42. The molecule has 5 rings (SSSR count). The van der Waals surface area contributed by atoms with Gasteiger partial charge in [0.25, 0.3) is 15.9 Å². The molecule has 1 amide bonds. The van der Waals surface area contributed by atoms with Crippen LogP contribution in [0.2, 0.25) is 0 Å². The van der Waals surface area contributed by atoms with E-state index in [0.717, 1.165) is 43.7 Å². The quantitative estimate of drug-likeness (QED) is 0.633. The molecule has 0 aliphatic carbocycles. The van der Waals surface area contributed by atoms with Gasteiger partial charge >= 0.3 is 0 Å². The van der Waals surface area contributed by atoms with Gasteiger partial charge in [-0.25, -0.2) is 8.42 Å². The Labute approximate surface area is 208 Å². The third-order valence-corrected chi connectivity index (χ3v) is 9.24. The van der Waals surface area contributed by atoms with Crippen molar-refractivity contribution in [3.63, 3.8) is 0 Å². The first-order valence-electron chi connectivity index (χ1n) is 12.7. The van der Waals surface area contributed by atoms with E-state index in [9.17, 15) is 13.2 Å². The molecule has 0 spiro atoms. The second kappa shape index (κ2) is 9.91. The summed E-state index contributed by atoms with van der Waals surface area (Å²) < 4.78 is 34.1. The molecule has 0 radical (unpaired) electrons. The summed E-state index contributed by atoms with van der Waals surface area (Å²) in [6.45, 7) is 9.06. The number of ether oxygens (including phenoxy) is 1. The van der Waals surface area contributed by atoms with Gasteiger partial charge in [-0.05, 0) is 68.9 Å². The van der Waals surface area contributed by atoms with Gasteiger partial charge in [0.2, 0.25) is 0 Å². The molecule has 7 nitrogen and oxygen atoms in total. The van der Waals surface area contributed by atoms with Crippen molar-refractivity contribution < 1.29 is 17.9 Å². The van der Waals surface area contributed by atoms with E-state index in [4.69, 9.17) is 4.74 Å². The molecular formula is C27H35N3O4S. The largest absolute Gasteiger partial charge is 0.373 e. The van der Waals surface area contributed by atoms with Crippen molar-refractivity contribution in [2.24, 2.45) is 5.92 Å². The maximum absolute atomic E-state index is 13.4. The fourth-order valence-corrected chi connectivity index (χ4v) is 7.32. The average Bonchev–Trinajstić information content (AvgIpc) is 3.29. The first-order valence-corrected chi connectivity index (χ1v) is 14.1. The number of piperidine rings is 1. The van der Waals surface area contributed by atoms with Gasteiger partial charge in [0.15, 0.2) is 0 Å². The van der Waals surface area contributed by atoms with Crippen LogP contribution in [0.4, 0.5) is 5.69 Å². The standard InChI is InChI=1S/C27H35N3O4S/c1-20-17-28(18-21(2)34-20)19-22-10-13-29(14-11-22)27(31)24-7-5-8-25(16-24)35(32,33)30-15-12-23-6-3-4-9-26(23)30/h3-9,16,20-22H,10-15,17-19H2,1-2H3. The van der Waals surface area contributed by atoms with Crippen LogP contribution in [0.25, 0.3) is 0 Å². The lowest BCUT2D eigenvalue weighted by Crippen LogP contribution is -2.48. The van der Waals surface area contributed by atoms with Crippen LogP contribution >= 0.6 is 0 Å². The molecule has 2 aromatic rings. The molecule has 0 N–H and O–H groups in total. The predicted octanol–water partition coefficient (Wildman–Crippen LogP) is 3.40. The van der Waals surface area contributed by atoms with E-state index >= 15 is 0 Å². The number of sulfonamides is 1. The third-order valence-electron chi connectivity index (χ3n) is 7.43. The zero-order valence-electron chi connectivity index (χ0n) is 20.6. The van der Waals surface area contributed by atoms with Gasteiger partial charge in [-0.3, -0.25) is 14.0 Å². The van der Waals surface area contributed by atoms with E-state index in [1.54, 1.807) is 24.3 Å². The highest BCUT2D eigenvalue weighted by atomic mass is 32.2. The molecule has 2 saturated heterocycles. The van der Waals surface area contributed by atoms with Crippen LogP contribution in [0.15, 0.2) is 53.4 Å². The number of benzene rings is 2. The summed E-state index contributed by atoms with van der Waals surface area (Å²) >= 11 is 0. The lowest BCUT2D eigenvalue weighted by Gasteiger charge is -2.39. The molecule has 0 aromatic heterocycles. The van der Waals surface area contributed by atoms with Crippen LogP contribution in [-0.4, -0.2) is 75.6 Å². The minimum atomic E-state index is -3.73. The summed E-state index contributed by atoms with van der Waals surface area (Å²) in [5.41, 5.74) is 2.20. The van der Waals surface area contributed by atoms with Crippen molar-refractivity contribution >= 4 is 21.6 Å². The summed E-state index contributed by atoms with van der Waals surface area (Å²) in [6.07, 6.45) is 3.16. The average molecular weight is 498 g/mol. The summed E-state index contributed by atoms with van der Waals surface area (Å²) in [4.78, 5) is 17.8.